The van der Waals surface area contributed by atoms with Crippen LogP contribution >= 0.6 is 15.9 Å². The van der Waals surface area contributed by atoms with E-state index in [4.69, 9.17) is 0 Å². The monoisotopic (exact) mass is 326 g/mol. The topological polar surface area (TPSA) is 73.1 Å². The van der Waals surface area contributed by atoms with Gasteiger partial charge in [0.2, 0.25) is 0 Å². The van der Waals surface area contributed by atoms with Gasteiger partial charge in [-0.1, -0.05) is 15.9 Å². The molecule has 0 saturated heterocycles. The van der Waals surface area contributed by atoms with Crippen LogP contribution in [0.2, 0.25) is 0 Å². The smallest absolute Gasteiger partial charge is 0.258 e. The van der Waals surface area contributed by atoms with Gasteiger partial charge in [-0.3, -0.25) is 10.1 Å². The molecule has 0 radical (unpaired) electrons. The fourth-order valence-electron chi connectivity index (χ4n) is 1.27. The van der Waals surface area contributed by atoms with Crippen molar-refractivity contribution in [1.82, 2.24) is 4.98 Å². The first-order chi connectivity index (χ1) is 8.58. The van der Waals surface area contributed by atoms with Crippen LogP contribution in [0.15, 0.2) is 57.0 Å². The number of nitrogens with zero attached hydrogens (tertiary/aromatic N) is 2. The van der Waals surface area contributed by atoms with Crippen molar-refractivity contribution in [3.8, 4) is 0 Å². The number of hydrogen-bond acceptors (Lipinski definition) is 4. The first-order valence-electron chi connectivity index (χ1n) is 4.86. The molecule has 2 rings (SSSR count). The van der Waals surface area contributed by atoms with E-state index >= 15 is 0 Å². The van der Waals surface area contributed by atoms with E-state index in [0.29, 0.717) is 9.92 Å². The minimum absolute atomic E-state index is 0.119. The Bertz CT molecular complexity index is 599. The lowest BCUT2D eigenvalue weighted by Gasteiger charge is -2.01. The van der Waals surface area contributed by atoms with Crippen LogP contribution < -0.4 is 0 Å². The van der Waals surface area contributed by atoms with Gasteiger partial charge in [0.25, 0.3) is 5.69 Å². The van der Waals surface area contributed by atoms with Crippen molar-refractivity contribution < 1.29 is 9.13 Å². The quantitative estimate of drug-likeness (QED) is 0.642. The summed E-state index contributed by atoms with van der Waals surface area (Å²) in [4.78, 5) is 14.4. The van der Waals surface area contributed by atoms with Crippen molar-refractivity contribution in [2.45, 2.75) is 9.92 Å². The van der Waals surface area contributed by atoms with Gasteiger partial charge in [0.1, 0.15) is 22.0 Å². The van der Waals surface area contributed by atoms with Gasteiger partial charge < -0.3 is 0 Å². The molecule has 1 atom stereocenters. The minimum Gasteiger partial charge on any atom is -0.258 e. The Morgan fingerprint density at radius 2 is 1.83 bits per heavy atom. The number of aromatic nitrogens is 1. The third kappa shape index (κ3) is 2.80. The van der Waals surface area contributed by atoms with Gasteiger partial charge in [0, 0.05) is 15.4 Å². The molecule has 1 heterocycles. The van der Waals surface area contributed by atoms with Gasteiger partial charge in [-0.25, -0.2) is 9.19 Å². The standard InChI is InChI=1S/C11H7BrN2O3S/c12-8-1-4-10(5-2-8)18(17)11-6-3-9(7-13-11)14(15)16/h1-7H/t18-/m0/s1. The van der Waals surface area contributed by atoms with Crippen LogP contribution in [0.25, 0.3) is 0 Å². The maximum atomic E-state index is 12.1. The van der Waals surface area contributed by atoms with Crippen LogP contribution in [0.4, 0.5) is 5.69 Å². The molecular formula is C11H7BrN2O3S. The Labute approximate surface area is 114 Å². The molecule has 0 aliphatic rings. The highest BCUT2D eigenvalue weighted by Crippen LogP contribution is 2.19. The van der Waals surface area contributed by atoms with E-state index < -0.39 is 15.7 Å². The van der Waals surface area contributed by atoms with E-state index in [2.05, 4.69) is 20.9 Å². The normalized spacial score (nSPS) is 12.1. The van der Waals surface area contributed by atoms with Gasteiger partial charge in [-0.05, 0) is 30.3 Å². The average Bonchev–Trinajstić information content (AvgIpc) is 2.39. The highest BCUT2D eigenvalue weighted by Gasteiger charge is 2.11. The summed E-state index contributed by atoms with van der Waals surface area (Å²) in [5.41, 5.74) is -0.119. The zero-order chi connectivity index (χ0) is 13.1. The Balaban J connectivity index is 2.28. The maximum Gasteiger partial charge on any atom is 0.287 e. The predicted octanol–water partition coefficient (Wildman–Crippen LogP) is 2.92. The molecule has 0 amide bonds. The molecule has 0 aliphatic heterocycles. The summed E-state index contributed by atoms with van der Waals surface area (Å²) in [5.74, 6) is 0. The van der Waals surface area contributed by atoms with E-state index in [1.165, 1.54) is 12.1 Å². The molecule has 1 aromatic heterocycles. The number of benzene rings is 1. The van der Waals surface area contributed by atoms with E-state index in [-0.39, 0.29) is 5.69 Å². The number of hydrogen-bond donors (Lipinski definition) is 0. The Morgan fingerprint density at radius 3 is 2.33 bits per heavy atom. The molecule has 0 saturated carbocycles. The largest absolute Gasteiger partial charge is 0.287 e. The van der Waals surface area contributed by atoms with Crippen molar-refractivity contribution in [3.05, 3.63) is 57.2 Å². The molecule has 0 fully saturated rings. The second-order valence-electron chi connectivity index (χ2n) is 3.33. The molecule has 5 nitrogen and oxygen atoms in total. The van der Waals surface area contributed by atoms with Crippen molar-refractivity contribution in [3.63, 3.8) is 0 Å². The summed E-state index contributed by atoms with van der Waals surface area (Å²) in [6, 6.07) is 9.67. The van der Waals surface area contributed by atoms with Crippen molar-refractivity contribution in [2.75, 3.05) is 0 Å². The number of nitro groups is 1. The van der Waals surface area contributed by atoms with Gasteiger partial charge in [-0.15, -0.1) is 0 Å². The predicted molar refractivity (Wildman–Crippen MR) is 69.7 cm³/mol. The van der Waals surface area contributed by atoms with Gasteiger partial charge in [0.15, 0.2) is 0 Å². The number of rotatable bonds is 3. The lowest BCUT2D eigenvalue weighted by molar-refractivity contribution is -0.385. The maximum absolute atomic E-state index is 12.1. The summed E-state index contributed by atoms with van der Waals surface area (Å²) in [6.07, 6.45) is 1.10. The SMILES string of the molecule is O=[N+]([O-])c1ccc([S@@](=O)c2ccc(Br)cc2)nc1. The molecule has 7 heteroatoms. The van der Waals surface area contributed by atoms with Crippen molar-refractivity contribution in [2.24, 2.45) is 0 Å². The molecule has 0 N–H and O–H groups in total. The lowest BCUT2D eigenvalue weighted by Crippen LogP contribution is -1.97. The van der Waals surface area contributed by atoms with Gasteiger partial charge >= 0.3 is 0 Å². The summed E-state index contributed by atoms with van der Waals surface area (Å²) in [6.45, 7) is 0. The third-order valence-corrected chi connectivity index (χ3v) is 4.00. The Morgan fingerprint density at radius 1 is 1.17 bits per heavy atom. The summed E-state index contributed by atoms with van der Waals surface area (Å²) >= 11 is 3.29. The summed E-state index contributed by atoms with van der Waals surface area (Å²) in [7, 11) is -1.43. The lowest BCUT2D eigenvalue weighted by atomic mass is 10.4. The molecule has 0 bridgehead atoms. The van der Waals surface area contributed by atoms with E-state index in [9.17, 15) is 14.3 Å². The number of halogens is 1. The molecule has 0 spiro atoms. The fraction of sp³-hybridized carbons (Fsp3) is 0. The van der Waals surface area contributed by atoms with Crippen LogP contribution in [-0.4, -0.2) is 14.1 Å². The molecule has 1 aromatic carbocycles. The van der Waals surface area contributed by atoms with Crippen molar-refractivity contribution >= 4 is 32.4 Å². The molecule has 92 valence electrons. The van der Waals surface area contributed by atoms with Crippen molar-refractivity contribution in [1.29, 1.82) is 0 Å². The van der Waals surface area contributed by atoms with Gasteiger partial charge in [-0.2, -0.15) is 0 Å². The first kappa shape index (κ1) is 12.8. The molecule has 0 aliphatic carbocycles. The summed E-state index contributed by atoms with van der Waals surface area (Å²) < 4.78 is 13.0. The molecule has 18 heavy (non-hydrogen) atoms. The van der Waals surface area contributed by atoms with Gasteiger partial charge in [0.05, 0.1) is 4.92 Å². The van der Waals surface area contributed by atoms with Crippen LogP contribution in [0, 0.1) is 10.1 Å². The fourth-order valence-corrected chi connectivity index (χ4v) is 2.50. The van der Waals surface area contributed by atoms with E-state index in [1.54, 1.807) is 24.3 Å². The third-order valence-electron chi connectivity index (χ3n) is 2.15. The number of pyridine rings is 1. The Kier molecular flexibility index (Phi) is 3.83. The minimum atomic E-state index is -1.43. The second-order valence-corrected chi connectivity index (χ2v) is 5.68. The van der Waals surface area contributed by atoms with E-state index in [1.807, 2.05) is 0 Å². The summed E-state index contributed by atoms with van der Waals surface area (Å²) in [5, 5.41) is 10.8. The average molecular weight is 327 g/mol. The van der Waals surface area contributed by atoms with Crippen LogP contribution in [0.1, 0.15) is 0 Å². The first-order valence-corrected chi connectivity index (χ1v) is 6.80. The molecule has 0 unspecified atom stereocenters. The van der Waals surface area contributed by atoms with Crippen LogP contribution in [0.3, 0.4) is 0 Å². The molecule has 2 aromatic rings. The van der Waals surface area contributed by atoms with Crippen LogP contribution in [-0.2, 0) is 10.8 Å². The highest BCUT2D eigenvalue weighted by atomic mass is 79.9. The molecular weight excluding hydrogens is 320 g/mol. The second kappa shape index (κ2) is 5.36. The van der Waals surface area contributed by atoms with E-state index in [0.717, 1.165) is 10.7 Å². The zero-order valence-corrected chi connectivity index (χ0v) is 11.3. The Hall–Kier alpha value is -1.60. The zero-order valence-electron chi connectivity index (χ0n) is 8.95. The highest BCUT2D eigenvalue weighted by molar-refractivity contribution is 9.10. The van der Waals surface area contributed by atoms with Crippen LogP contribution in [0.5, 0.6) is 0 Å².